The van der Waals surface area contributed by atoms with Crippen molar-refractivity contribution in [2.24, 2.45) is 11.3 Å². The Labute approximate surface area is 173 Å². The van der Waals surface area contributed by atoms with Gasteiger partial charge in [0.25, 0.3) is 0 Å². The summed E-state index contributed by atoms with van der Waals surface area (Å²) in [6.07, 6.45) is -0.765. The summed E-state index contributed by atoms with van der Waals surface area (Å²) in [5.74, 6) is -0.977. The third kappa shape index (κ3) is 7.75. The number of amides is 1. The van der Waals surface area contributed by atoms with Gasteiger partial charge < -0.3 is 19.5 Å². The molecule has 0 aliphatic heterocycles. The molecule has 0 radical (unpaired) electrons. The number of carbonyl (C=O) groups excluding carboxylic acids is 3. The average Bonchev–Trinajstić information content (AvgIpc) is 2.61. The van der Waals surface area contributed by atoms with E-state index in [9.17, 15) is 14.4 Å². The number of carbonyl (C=O) groups is 3. The zero-order valence-corrected chi connectivity index (χ0v) is 18.6. The SMILES string of the molecule is COC(=O)[C@@H](CC(=O)C(C)(C)C)[C@@H](NC(=O)OC(C)(C)C)c1ccc(OC)cc1. The highest BCUT2D eigenvalue weighted by Gasteiger charge is 2.37. The maximum absolute atomic E-state index is 12.7. The van der Waals surface area contributed by atoms with Crippen LogP contribution in [0.15, 0.2) is 24.3 Å². The Hall–Kier alpha value is -2.57. The van der Waals surface area contributed by atoms with Crippen molar-refractivity contribution in [2.45, 2.75) is 59.6 Å². The third-order valence-electron chi connectivity index (χ3n) is 4.30. The highest BCUT2D eigenvalue weighted by atomic mass is 16.6. The van der Waals surface area contributed by atoms with Crippen molar-refractivity contribution in [1.29, 1.82) is 0 Å². The quantitative estimate of drug-likeness (QED) is 0.686. The molecular weight excluding hydrogens is 374 g/mol. The van der Waals surface area contributed by atoms with Gasteiger partial charge in [0.1, 0.15) is 17.1 Å². The van der Waals surface area contributed by atoms with Gasteiger partial charge in [-0.2, -0.15) is 0 Å². The normalized spacial score (nSPS) is 13.8. The van der Waals surface area contributed by atoms with Crippen molar-refractivity contribution < 1.29 is 28.6 Å². The predicted octanol–water partition coefficient (Wildman–Crippen LogP) is 4.06. The van der Waals surface area contributed by atoms with Gasteiger partial charge in [0.2, 0.25) is 0 Å². The average molecular weight is 408 g/mol. The van der Waals surface area contributed by atoms with Crippen molar-refractivity contribution in [3.05, 3.63) is 29.8 Å². The fraction of sp³-hybridized carbons (Fsp3) is 0.591. The number of hydrogen-bond acceptors (Lipinski definition) is 6. The largest absolute Gasteiger partial charge is 0.497 e. The number of methoxy groups -OCH3 is 2. The number of ketones is 1. The number of rotatable bonds is 7. The lowest BCUT2D eigenvalue weighted by Gasteiger charge is -2.29. The molecule has 7 nitrogen and oxygen atoms in total. The van der Waals surface area contributed by atoms with Crippen LogP contribution in [0.25, 0.3) is 0 Å². The van der Waals surface area contributed by atoms with Gasteiger partial charge in [-0.25, -0.2) is 4.79 Å². The first-order valence-electron chi connectivity index (χ1n) is 9.53. The van der Waals surface area contributed by atoms with Crippen LogP contribution >= 0.6 is 0 Å². The standard InChI is InChI=1S/C22H33NO6/c1-21(2,3)17(24)13-16(19(25)28-8)18(23-20(26)29-22(4,5)6)14-9-11-15(27-7)12-10-14/h9-12,16,18H,13H2,1-8H3,(H,23,26)/t16-,18-/m0/s1. The van der Waals surface area contributed by atoms with Crippen molar-refractivity contribution in [3.8, 4) is 5.75 Å². The van der Waals surface area contributed by atoms with E-state index < -0.39 is 35.0 Å². The molecule has 0 aromatic heterocycles. The second kappa shape index (κ2) is 9.76. The van der Waals surface area contributed by atoms with E-state index in [1.54, 1.807) is 72.9 Å². The summed E-state index contributed by atoms with van der Waals surface area (Å²) in [7, 11) is 2.81. The molecule has 0 bridgehead atoms. The maximum Gasteiger partial charge on any atom is 0.408 e. The van der Waals surface area contributed by atoms with Crippen LogP contribution in [-0.4, -0.2) is 37.7 Å². The Morgan fingerprint density at radius 1 is 0.966 bits per heavy atom. The van der Waals surface area contributed by atoms with Gasteiger partial charge in [-0.1, -0.05) is 32.9 Å². The molecule has 1 rings (SSSR count). The Morgan fingerprint density at radius 3 is 1.93 bits per heavy atom. The molecule has 0 unspecified atom stereocenters. The van der Waals surface area contributed by atoms with E-state index in [1.807, 2.05) is 0 Å². The topological polar surface area (TPSA) is 90.9 Å². The molecule has 0 fully saturated rings. The van der Waals surface area contributed by atoms with Crippen molar-refractivity contribution in [3.63, 3.8) is 0 Å². The summed E-state index contributed by atoms with van der Waals surface area (Å²) in [5, 5.41) is 2.74. The van der Waals surface area contributed by atoms with Gasteiger partial charge in [0.15, 0.2) is 0 Å². The molecule has 7 heteroatoms. The number of ether oxygens (including phenoxy) is 3. The second-order valence-electron chi connectivity index (χ2n) is 8.90. The molecule has 1 aromatic carbocycles. The first-order chi connectivity index (χ1) is 13.3. The van der Waals surface area contributed by atoms with Gasteiger partial charge in [0, 0.05) is 11.8 Å². The van der Waals surface area contributed by atoms with Crippen LogP contribution in [0.3, 0.4) is 0 Å². The van der Waals surface area contributed by atoms with E-state index in [0.29, 0.717) is 11.3 Å². The minimum atomic E-state index is -0.910. The lowest BCUT2D eigenvalue weighted by molar-refractivity contribution is -0.149. The summed E-state index contributed by atoms with van der Waals surface area (Å²) in [6.45, 7) is 10.6. The van der Waals surface area contributed by atoms with Crippen LogP contribution in [0, 0.1) is 11.3 Å². The van der Waals surface area contributed by atoms with Crippen molar-refractivity contribution in [1.82, 2.24) is 5.32 Å². The molecule has 2 atom stereocenters. The minimum Gasteiger partial charge on any atom is -0.497 e. The molecule has 0 heterocycles. The van der Waals surface area contributed by atoms with Gasteiger partial charge in [-0.3, -0.25) is 9.59 Å². The van der Waals surface area contributed by atoms with E-state index in [1.165, 1.54) is 7.11 Å². The van der Waals surface area contributed by atoms with Crippen LogP contribution in [0.2, 0.25) is 0 Å². The Balaban J connectivity index is 3.32. The smallest absolute Gasteiger partial charge is 0.408 e. The van der Waals surface area contributed by atoms with E-state index in [0.717, 1.165) is 0 Å². The van der Waals surface area contributed by atoms with Crippen LogP contribution < -0.4 is 10.1 Å². The molecular formula is C22H33NO6. The van der Waals surface area contributed by atoms with Crippen molar-refractivity contribution >= 4 is 17.8 Å². The maximum atomic E-state index is 12.7. The monoisotopic (exact) mass is 407 g/mol. The summed E-state index contributed by atoms with van der Waals surface area (Å²) in [6, 6.07) is 6.10. The molecule has 0 spiro atoms. The van der Waals surface area contributed by atoms with Crippen molar-refractivity contribution in [2.75, 3.05) is 14.2 Å². The predicted molar refractivity (Wildman–Crippen MR) is 110 cm³/mol. The van der Waals surface area contributed by atoms with E-state index in [4.69, 9.17) is 14.2 Å². The fourth-order valence-electron chi connectivity index (χ4n) is 2.66. The van der Waals surface area contributed by atoms with E-state index >= 15 is 0 Å². The van der Waals surface area contributed by atoms with E-state index in [-0.39, 0.29) is 12.2 Å². The second-order valence-corrected chi connectivity index (χ2v) is 8.90. The summed E-state index contributed by atoms with van der Waals surface area (Å²) in [4.78, 5) is 37.7. The van der Waals surface area contributed by atoms with Crippen LogP contribution in [-0.2, 0) is 19.1 Å². The lowest BCUT2D eigenvalue weighted by Crippen LogP contribution is -2.41. The third-order valence-corrected chi connectivity index (χ3v) is 4.30. The van der Waals surface area contributed by atoms with Crippen LogP contribution in [0.4, 0.5) is 4.79 Å². The Morgan fingerprint density at radius 2 is 1.52 bits per heavy atom. The van der Waals surface area contributed by atoms with Gasteiger partial charge in [-0.15, -0.1) is 0 Å². The van der Waals surface area contributed by atoms with Gasteiger partial charge in [-0.05, 0) is 38.5 Å². The zero-order valence-electron chi connectivity index (χ0n) is 18.6. The number of hydrogen-bond donors (Lipinski definition) is 1. The van der Waals surface area contributed by atoms with Gasteiger partial charge >= 0.3 is 12.1 Å². The summed E-state index contributed by atoms with van der Waals surface area (Å²) in [5.41, 5.74) is -0.715. The minimum absolute atomic E-state index is 0.0807. The molecule has 1 aromatic rings. The van der Waals surface area contributed by atoms with E-state index in [2.05, 4.69) is 5.32 Å². The van der Waals surface area contributed by atoms with Crippen LogP contribution in [0.1, 0.15) is 59.6 Å². The molecule has 0 saturated heterocycles. The molecule has 0 aliphatic rings. The highest BCUT2D eigenvalue weighted by Crippen LogP contribution is 2.31. The number of nitrogens with one attached hydrogen (secondary N) is 1. The summed E-state index contributed by atoms with van der Waals surface area (Å²) >= 11 is 0. The number of esters is 1. The molecule has 0 saturated carbocycles. The van der Waals surface area contributed by atoms with Gasteiger partial charge in [0.05, 0.1) is 26.2 Å². The number of Topliss-reactive ketones (excluding diaryl/α,β-unsaturated/α-hetero) is 1. The first-order valence-corrected chi connectivity index (χ1v) is 9.53. The molecule has 0 aliphatic carbocycles. The summed E-state index contributed by atoms with van der Waals surface area (Å²) < 4.78 is 15.5. The van der Waals surface area contributed by atoms with Crippen LogP contribution in [0.5, 0.6) is 5.75 Å². The Bertz CT molecular complexity index is 712. The molecule has 162 valence electrons. The number of alkyl carbamates (subject to hydrolysis) is 1. The molecule has 1 N–H and O–H groups in total. The lowest BCUT2D eigenvalue weighted by atomic mass is 9.81. The number of benzene rings is 1. The highest BCUT2D eigenvalue weighted by molar-refractivity contribution is 5.88. The Kier molecular flexibility index (Phi) is 8.24. The molecule has 29 heavy (non-hydrogen) atoms. The zero-order chi connectivity index (χ0) is 22.4. The fourth-order valence-corrected chi connectivity index (χ4v) is 2.66. The first kappa shape index (κ1) is 24.5. The molecule has 1 amide bonds.